The number of hydrazine groups is 1. The lowest BCUT2D eigenvalue weighted by Gasteiger charge is -2.20. The molecule has 1 aromatic heterocycles. The van der Waals surface area contributed by atoms with Crippen LogP contribution in [0.5, 0.6) is 0 Å². The molecule has 66 valence electrons. The molecule has 1 rings (SSSR count). The first-order chi connectivity index (χ1) is 5.77. The summed E-state index contributed by atoms with van der Waals surface area (Å²) in [5, 5.41) is 1.99. The molecule has 0 saturated carbocycles. The van der Waals surface area contributed by atoms with E-state index in [0.29, 0.717) is 0 Å². The standard InChI is InChI=1S/C9H15N3/c1-4-12(10-3)9-7-5-6-8(2)11-9/h5-7,10H,4H2,1-3H3. The Kier molecular flexibility index (Phi) is 3.05. The molecule has 3 nitrogen and oxygen atoms in total. The van der Waals surface area contributed by atoms with Gasteiger partial charge in [-0.3, -0.25) is 5.01 Å². The van der Waals surface area contributed by atoms with Gasteiger partial charge < -0.3 is 0 Å². The SMILES string of the molecule is CCN(NC)c1cccc(C)n1. The quantitative estimate of drug-likeness (QED) is 0.685. The number of hydrogen-bond acceptors (Lipinski definition) is 3. The Bertz CT molecular complexity index is 243. The maximum atomic E-state index is 4.38. The third-order valence-corrected chi connectivity index (χ3v) is 1.74. The highest BCUT2D eigenvalue weighted by molar-refractivity contribution is 5.37. The number of rotatable bonds is 3. The van der Waals surface area contributed by atoms with Gasteiger partial charge in [0, 0.05) is 19.3 Å². The first-order valence-corrected chi connectivity index (χ1v) is 4.16. The molecule has 0 aromatic carbocycles. The molecule has 0 saturated heterocycles. The Balaban J connectivity index is 2.85. The van der Waals surface area contributed by atoms with Gasteiger partial charge in [0.05, 0.1) is 0 Å². The zero-order valence-corrected chi connectivity index (χ0v) is 7.83. The highest BCUT2D eigenvalue weighted by Crippen LogP contribution is 2.07. The van der Waals surface area contributed by atoms with Crippen LogP contribution in [0.3, 0.4) is 0 Å². The fourth-order valence-corrected chi connectivity index (χ4v) is 1.11. The van der Waals surface area contributed by atoms with Gasteiger partial charge in [-0.1, -0.05) is 6.07 Å². The average molecular weight is 165 g/mol. The summed E-state index contributed by atoms with van der Waals surface area (Å²) in [6, 6.07) is 6.00. The Labute approximate surface area is 73.4 Å². The molecule has 0 fully saturated rings. The summed E-state index contributed by atoms with van der Waals surface area (Å²) < 4.78 is 0. The van der Waals surface area contributed by atoms with Crippen molar-refractivity contribution in [1.82, 2.24) is 10.4 Å². The van der Waals surface area contributed by atoms with Crippen molar-refractivity contribution in [1.29, 1.82) is 0 Å². The summed E-state index contributed by atoms with van der Waals surface area (Å²) >= 11 is 0. The van der Waals surface area contributed by atoms with E-state index in [2.05, 4.69) is 17.3 Å². The Morgan fingerprint density at radius 2 is 2.25 bits per heavy atom. The van der Waals surface area contributed by atoms with E-state index >= 15 is 0 Å². The third kappa shape index (κ3) is 1.95. The molecule has 0 radical (unpaired) electrons. The van der Waals surface area contributed by atoms with Gasteiger partial charge >= 0.3 is 0 Å². The summed E-state index contributed by atoms with van der Waals surface area (Å²) in [5.74, 6) is 0.972. The maximum Gasteiger partial charge on any atom is 0.142 e. The number of aryl methyl sites for hydroxylation is 1. The molecule has 3 heteroatoms. The zero-order chi connectivity index (χ0) is 8.97. The van der Waals surface area contributed by atoms with Crippen molar-refractivity contribution < 1.29 is 0 Å². The van der Waals surface area contributed by atoms with E-state index in [-0.39, 0.29) is 0 Å². The summed E-state index contributed by atoms with van der Waals surface area (Å²) in [6.45, 7) is 4.99. The summed E-state index contributed by atoms with van der Waals surface area (Å²) in [7, 11) is 1.90. The van der Waals surface area contributed by atoms with E-state index in [9.17, 15) is 0 Å². The van der Waals surface area contributed by atoms with E-state index in [1.165, 1.54) is 0 Å². The van der Waals surface area contributed by atoms with E-state index in [4.69, 9.17) is 0 Å². The van der Waals surface area contributed by atoms with E-state index in [0.717, 1.165) is 18.1 Å². The molecule has 0 bridgehead atoms. The highest BCUT2D eigenvalue weighted by atomic mass is 15.5. The average Bonchev–Trinajstić information content (AvgIpc) is 2.07. The fourth-order valence-electron chi connectivity index (χ4n) is 1.11. The van der Waals surface area contributed by atoms with Gasteiger partial charge in [0.1, 0.15) is 5.82 Å². The van der Waals surface area contributed by atoms with Crippen LogP contribution in [0.2, 0.25) is 0 Å². The van der Waals surface area contributed by atoms with Crippen LogP contribution in [0.25, 0.3) is 0 Å². The third-order valence-electron chi connectivity index (χ3n) is 1.74. The van der Waals surface area contributed by atoms with Crippen molar-refractivity contribution in [3.05, 3.63) is 23.9 Å². The van der Waals surface area contributed by atoms with Crippen molar-refractivity contribution in [3.63, 3.8) is 0 Å². The van der Waals surface area contributed by atoms with Crippen LogP contribution < -0.4 is 10.4 Å². The minimum atomic E-state index is 0.910. The topological polar surface area (TPSA) is 28.2 Å². The second kappa shape index (κ2) is 4.07. The summed E-state index contributed by atoms with van der Waals surface area (Å²) in [6.07, 6.45) is 0. The lowest BCUT2D eigenvalue weighted by Crippen LogP contribution is -2.35. The second-order valence-corrected chi connectivity index (χ2v) is 2.61. The normalized spacial score (nSPS) is 9.92. The lowest BCUT2D eigenvalue weighted by atomic mass is 10.4. The number of aromatic nitrogens is 1. The molecular formula is C9H15N3. The van der Waals surface area contributed by atoms with Gasteiger partial charge in [-0.25, -0.2) is 10.4 Å². The van der Waals surface area contributed by atoms with Crippen LogP contribution in [0, 0.1) is 6.92 Å². The molecule has 0 aliphatic rings. The van der Waals surface area contributed by atoms with E-state index < -0.39 is 0 Å². The first kappa shape index (κ1) is 9.00. The van der Waals surface area contributed by atoms with Gasteiger partial charge in [0.2, 0.25) is 0 Å². The first-order valence-electron chi connectivity index (χ1n) is 4.16. The van der Waals surface area contributed by atoms with Crippen LogP contribution in [0.1, 0.15) is 12.6 Å². The van der Waals surface area contributed by atoms with Gasteiger partial charge in [0.15, 0.2) is 0 Å². The number of nitrogens with zero attached hydrogens (tertiary/aromatic N) is 2. The molecule has 0 spiro atoms. The molecule has 0 unspecified atom stereocenters. The van der Waals surface area contributed by atoms with Gasteiger partial charge in [0.25, 0.3) is 0 Å². The van der Waals surface area contributed by atoms with Crippen molar-refractivity contribution in [2.45, 2.75) is 13.8 Å². The van der Waals surface area contributed by atoms with Crippen LogP contribution in [0.4, 0.5) is 5.82 Å². The summed E-state index contributed by atoms with van der Waals surface area (Å²) in [4.78, 5) is 4.38. The molecule has 1 aromatic rings. The predicted molar refractivity (Wildman–Crippen MR) is 51.1 cm³/mol. The zero-order valence-electron chi connectivity index (χ0n) is 7.83. The predicted octanol–water partition coefficient (Wildman–Crippen LogP) is 1.35. The van der Waals surface area contributed by atoms with E-state index in [1.807, 2.05) is 37.2 Å². The summed E-state index contributed by atoms with van der Waals surface area (Å²) in [5.41, 5.74) is 4.11. The van der Waals surface area contributed by atoms with Crippen LogP contribution in [-0.2, 0) is 0 Å². The minimum absolute atomic E-state index is 0.910. The smallest absolute Gasteiger partial charge is 0.142 e. The number of pyridine rings is 1. The molecule has 0 aliphatic heterocycles. The fraction of sp³-hybridized carbons (Fsp3) is 0.444. The van der Waals surface area contributed by atoms with Gasteiger partial charge in [-0.2, -0.15) is 0 Å². The second-order valence-electron chi connectivity index (χ2n) is 2.61. The monoisotopic (exact) mass is 165 g/mol. The molecule has 1 heterocycles. The number of hydrogen-bond donors (Lipinski definition) is 1. The van der Waals surface area contributed by atoms with Crippen molar-refractivity contribution in [3.8, 4) is 0 Å². The highest BCUT2D eigenvalue weighted by Gasteiger charge is 2.01. The molecule has 0 atom stereocenters. The Morgan fingerprint density at radius 3 is 2.75 bits per heavy atom. The van der Waals surface area contributed by atoms with Crippen LogP contribution >= 0.6 is 0 Å². The molecule has 0 aliphatic carbocycles. The number of nitrogens with one attached hydrogen (secondary N) is 1. The molecular weight excluding hydrogens is 150 g/mol. The minimum Gasteiger partial charge on any atom is -0.293 e. The van der Waals surface area contributed by atoms with Crippen LogP contribution in [-0.4, -0.2) is 18.6 Å². The van der Waals surface area contributed by atoms with Crippen molar-refractivity contribution in [2.75, 3.05) is 18.6 Å². The van der Waals surface area contributed by atoms with Crippen molar-refractivity contribution >= 4 is 5.82 Å². The van der Waals surface area contributed by atoms with Crippen molar-refractivity contribution in [2.24, 2.45) is 0 Å². The molecule has 12 heavy (non-hydrogen) atoms. The molecule has 0 amide bonds. The van der Waals surface area contributed by atoms with Gasteiger partial charge in [-0.05, 0) is 26.0 Å². The van der Waals surface area contributed by atoms with Crippen LogP contribution in [0.15, 0.2) is 18.2 Å². The Morgan fingerprint density at radius 1 is 1.50 bits per heavy atom. The van der Waals surface area contributed by atoms with E-state index in [1.54, 1.807) is 0 Å². The maximum absolute atomic E-state index is 4.38. The lowest BCUT2D eigenvalue weighted by molar-refractivity contribution is 0.712. The van der Waals surface area contributed by atoms with Gasteiger partial charge in [-0.15, -0.1) is 0 Å². The molecule has 1 N–H and O–H groups in total. The number of anilines is 1. The largest absolute Gasteiger partial charge is 0.293 e. The Hall–Kier alpha value is -1.09.